The number of nitrogens with two attached hydrogens (primary N) is 1. The highest BCUT2D eigenvalue weighted by Gasteiger charge is 2.17. The highest BCUT2D eigenvalue weighted by atomic mass is 127. The van der Waals surface area contributed by atoms with Crippen molar-refractivity contribution in [3.63, 3.8) is 0 Å². The summed E-state index contributed by atoms with van der Waals surface area (Å²) in [5, 5.41) is 0. The fourth-order valence-corrected chi connectivity index (χ4v) is 3.37. The van der Waals surface area contributed by atoms with Gasteiger partial charge < -0.3 is 5.73 Å². The van der Waals surface area contributed by atoms with Crippen molar-refractivity contribution in [2.75, 3.05) is 10.5 Å². The summed E-state index contributed by atoms with van der Waals surface area (Å²) < 4.78 is 52.9. The van der Waals surface area contributed by atoms with Crippen LogP contribution in [0.2, 0.25) is 0 Å². The van der Waals surface area contributed by atoms with E-state index >= 15 is 0 Å². The van der Waals surface area contributed by atoms with Crippen molar-refractivity contribution in [1.82, 2.24) is 0 Å². The van der Waals surface area contributed by atoms with E-state index < -0.39 is 21.7 Å². The fourth-order valence-electron chi connectivity index (χ4n) is 1.46. The Morgan fingerprint density at radius 3 is 2.40 bits per heavy atom. The van der Waals surface area contributed by atoms with Crippen molar-refractivity contribution in [2.24, 2.45) is 0 Å². The quantitative estimate of drug-likeness (QED) is 0.604. The van der Waals surface area contributed by atoms with E-state index in [9.17, 15) is 17.2 Å². The molecule has 0 spiro atoms. The molecule has 2 rings (SSSR count). The van der Waals surface area contributed by atoms with E-state index in [1.54, 1.807) is 22.6 Å². The van der Waals surface area contributed by atoms with Gasteiger partial charge in [-0.3, -0.25) is 4.72 Å². The summed E-state index contributed by atoms with van der Waals surface area (Å²) in [6, 6.07) is 6.73. The second-order valence-corrected chi connectivity index (χ2v) is 6.76. The first kappa shape index (κ1) is 15.0. The van der Waals surface area contributed by atoms with Crippen molar-refractivity contribution < 1.29 is 17.2 Å². The molecule has 2 aromatic carbocycles. The summed E-state index contributed by atoms with van der Waals surface area (Å²) in [7, 11) is -3.91. The molecule has 0 saturated carbocycles. The molecule has 4 nitrogen and oxygen atoms in total. The van der Waals surface area contributed by atoms with Crippen LogP contribution in [-0.4, -0.2) is 8.42 Å². The number of sulfonamides is 1. The minimum absolute atomic E-state index is 0.170. The predicted octanol–water partition coefficient (Wildman–Crippen LogP) is 2.95. The molecule has 0 aliphatic heterocycles. The minimum atomic E-state index is -3.91. The van der Waals surface area contributed by atoms with Gasteiger partial charge in [-0.1, -0.05) is 0 Å². The summed E-state index contributed by atoms with van der Waals surface area (Å²) in [5.74, 6) is -1.16. The Hall–Kier alpha value is -1.42. The van der Waals surface area contributed by atoms with Crippen LogP contribution in [0.4, 0.5) is 20.2 Å². The molecular weight excluding hydrogens is 401 g/mol. The summed E-state index contributed by atoms with van der Waals surface area (Å²) >= 11 is 1.81. The Morgan fingerprint density at radius 2 is 1.80 bits per heavy atom. The van der Waals surface area contributed by atoms with Gasteiger partial charge in [0.1, 0.15) is 11.6 Å². The average molecular weight is 410 g/mol. The smallest absolute Gasteiger partial charge is 0.262 e. The van der Waals surface area contributed by atoms with E-state index in [0.717, 1.165) is 24.3 Å². The second-order valence-electron chi connectivity index (χ2n) is 3.91. The maximum atomic E-state index is 13.0. The van der Waals surface area contributed by atoms with Crippen LogP contribution in [0.5, 0.6) is 0 Å². The van der Waals surface area contributed by atoms with Gasteiger partial charge in [-0.25, -0.2) is 17.2 Å². The van der Waals surface area contributed by atoms with E-state index in [2.05, 4.69) is 4.72 Å². The Labute approximate surface area is 128 Å². The van der Waals surface area contributed by atoms with Crippen LogP contribution >= 0.6 is 22.6 Å². The Balaban J connectivity index is 2.38. The van der Waals surface area contributed by atoms with Crippen molar-refractivity contribution in [3.05, 3.63) is 51.6 Å². The lowest BCUT2D eigenvalue weighted by Gasteiger charge is -2.10. The standard InChI is InChI=1S/C12H9F2IN2O2S/c13-7-1-4-12(10(15)5-7)17-20(18,19)8-2-3-9(14)11(16)6-8/h1-6,17H,16H2. The summed E-state index contributed by atoms with van der Waals surface area (Å²) in [4.78, 5) is -0.170. The van der Waals surface area contributed by atoms with Crippen LogP contribution in [0.15, 0.2) is 41.3 Å². The molecular formula is C12H9F2IN2O2S. The Bertz CT molecular complexity index is 766. The first-order valence-electron chi connectivity index (χ1n) is 5.32. The number of anilines is 2. The van der Waals surface area contributed by atoms with Gasteiger partial charge in [-0.2, -0.15) is 0 Å². The second kappa shape index (κ2) is 5.52. The third kappa shape index (κ3) is 3.18. The molecule has 0 atom stereocenters. The number of nitrogens with one attached hydrogen (secondary N) is 1. The molecule has 0 radical (unpaired) electrons. The van der Waals surface area contributed by atoms with Crippen LogP contribution in [0.1, 0.15) is 0 Å². The van der Waals surface area contributed by atoms with Crippen LogP contribution in [0, 0.1) is 15.2 Å². The van der Waals surface area contributed by atoms with Gasteiger partial charge in [0.15, 0.2) is 0 Å². The van der Waals surface area contributed by atoms with Gasteiger partial charge >= 0.3 is 0 Å². The summed E-state index contributed by atoms with van der Waals surface area (Å²) in [5.41, 5.74) is 5.31. The van der Waals surface area contributed by atoms with Gasteiger partial charge in [-0.15, -0.1) is 0 Å². The van der Waals surface area contributed by atoms with E-state index in [1.165, 1.54) is 12.1 Å². The third-order valence-corrected chi connectivity index (χ3v) is 4.71. The molecule has 8 heteroatoms. The molecule has 0 unspecified atom stereocenters. The summed E-state index contributed by atoms with van der Waals surface area (Å²) in [6.45, 7) is 0. The maximum absolute atomic E-state index is 13.0. The van der Waals surface area contributed by atoms with Gasteiger partial charge in [0.25, 0.3) is 10.0 Å². The molecule has 106 valence electrons. The highest BCUT2D eigenvalue weighted by molar-refractivity contribution is 14.1. The van der Waals surface area contributed by atoms with E-state index in [-0.39, 0.29) is 16.3 Å². The van der Waals surface area contributed by atoms with Crippen LogP contribution in [0.3, 0.4) is 0 Å². The highest BCUT2D eigenvalue weighted by Crippen LogP contribution is 2.24. The maximum Gasteiger partial charge on any atom is 0.262 e. The van der Waals surface area contributed by atoms with Gasteiger partial charge in [0.05, 0.1) is 16.3 Å². The van der Waals surface area contributed by atoms with Gasteiger partial charge in [-0.05, 0) is 59.0 Å². The van der Waals surface area contributed by atoms with Crippen molar-refractivity contribution in [1.29, 1.82) is 0 Å². The number of benzene rings is 2. The molecule has 0 bridgehead atoms. The Kier molecular flexibility index (Phi) is 4.14. The molecule has 20 heavy (non-hydrogen) atoms. The molecule has 0 aliphatic rings. The predicted molar refractivity (Wildman–Crippen MR) is 80.7 cm³/mol. The molecule has 0 aliphatic carbocycles. The van der Waals surface area contributed by atoms with E-state index in [4.69, 9.17) is 5.73 Å². The SMILES string of the molecule is Nc1cc(S(=O)(=O)Nc2ccc(F)cc2I)ccc1F. The summed E-state index contributed by atoms with van der Waals surface area (Å²) in [6.07, 6.45) is 0. The topological polar surface area (TPSA) is 72.2 Å². The lowest BCUT2D eigenvalue weighted by atomic mass is 10.3. The Morgan fingerprint density at radius 1 is 1.10 bits per heavy atom. The molecule has 2 aromatic rings. The van der Waals surface area contributed by atoms with Gasteiger partial charge in [0.2, 0.25) is 0 Å². The van der Waals surface area contributed by atoms with Crippen LogP contribution in [-0.2, 0) is 10.0 Å². The molecule has 0 fully saturated rings. The van der Waals surface area contributed by atoms with Gasteiger partial charge in [0, 0.05) is 3.57 Å². The number of rotatable bonds is 3. The number of halogens is 3. The minimum Gasteiger partial charge on any atom is -0.396 e. The zero-order chi connectivity index (χ0) is 14.9. The fraction of sp³-hybridized carbons (Fsp3) is 0. The normalized spacial score (nSPS) is 11.3. The monoisotopic (exact) mass is 410 g/mol. The molecule has 3 N–H and O–H groups in total. The zero-order valence-electron chi connectivity index (χ0n) is 9.90. The number of hydrogen-bond acceptors (Lipinski definition) is 3. The van der Waals surface area contributed by atoms with Crippen molar-refractivity contribution in [3.8, 4) is 0 Å². The van der Waals surface area contributed by atoms with E-state index in [1.807, 2.05) is 0 Å². The number of hydrogen-bond donors (Lipinski definition) is 2. The average Bonchev–Trinajstić information content (AvgIpc) is 2.36. The molecule has 0 saturated heterocycles. The first-order valence-corrected chi connectivity index (χ1v) is 7.89. The van der Waals surface area contributed by atoms with Crippen molar-refractivity contribution in [2.45, 2.75) is 4.90 Å². The van der Waals surface area contributed by atoms with Crippen molar-refractivity contribution >= 4 is 44.0 Å². The molecule has 0 heterocycles. The first-order chi connectivity index (χ1) is 9.29. The third-order valence-electron chi connectivity index (χ3n) is 2.45. The zero-order valence-corrected chi connectivity index (χ0v) is 12.9. The lowest BCUT2D eigenvalue weighted by Crippen LogP contribution is -2.14. The molecule has 0 amide bonds. The van der Waals surface area contributed by atoms with Crippen LogP contribution in [0.25, 0.3) is 0 Å². The number of nitrogen functional groups attached to an aromatic ring is 1. The molecule has 0 aromatic heterocycles. The lowest BCUT2D eigenvalue weighted by molar-refractivity contribution is 0.599. The van der Waals surface area contributed by atoms with E-state index in [0.29, 0.717) is 3.57 Å². The largest absolute Gasteiger partial charge is 0.396 e. The van der Waals surface area contributed by atoms with Crippen LogP contribution < -0.4 is 10.5 Å².